The van der Waals surface area contributed by atoms with E-state index in [-0.39, 0.29) is 12.3 Å². The topological polar surface area (TPSA) is 66.4 Å². The minimum atomic E-state index is -0.807. The first-order chi connectivity index (χ1) is 8.09. The maximum absolute atomic E-state index is 11.6. The van der Waals surface area contributed by atoms with Gasteiger partial charge in [0.05, 0.1) is 12.2 Å². The average Bonchev–Trinajstić information content (AvgIpc) is 2.27. The number of carbonyl (C=O) groups is 2. The molecule has 1 saturated carbocycles. The lowest BCUT2D eigenvalue weighted by atomic mass is 9.86. The van der Waals surface area contributed by atoms with Gasteiger partial charge in [-0.15, -0.1) is 0 Å². The quantitative estimate of drug-likeness (QED) is 0.715. The minimum Gasteiger partial charge on any atom is -0.481 e. The highest BCUT2D eigenvalue weighted by Crippen LogP contribution is 2.23. The van der Waals surface area contributed by atoms with E-state index in [0.29, 0.717) is 23.5 Å². The molecule has 1 amide bonds. The van der Waals surface area contributed by atoms with Gasteiger partial charge < -0.3 is 10.4 Å². The predicted molar refractivity (Wildman–Crippen MR) is 69.1 cm³/mol. The van der Waals surface area contributed by atoms with Crippen molar-refractivity contribution in [2.75, 3.05) is 11.5 Å². The molecule has 5 heteroatoms. The number of thioether (sulfide) groups is 1. The van der Waals surface area contributed by atoms with Crippen LogP contribution in [-0.2, 0) is 9.59 Å². The van der Waals surface area contributed by atoms with E-state index in [1.165, 1.54) is 31.0 Å². The summed E-state index contributed by atoms with van der Waals surface area (Å²) in [6, 6.07) is 0.316. The highest BCUT2D eigenvalue weighted by Gasteiger charge is 2.22. The predicted octanol–water partition coefficient (Wildman–Crippen LogP) is 1.89. The largest absolute Gasteiger partial charge is 0.481 e. The first kappa shape index (κ1) is 14.4. The molecule has 1 rings (SSSR count). The summed E-state index contributed by atoms with van der Waals surface area (Å²) < 4.78 is 0. The van der Waals surface area contributed by atoms with Gasteiger partial charge in [0, 0.05) is 11.8 Å². The van der Waals surface area contributed by atoms with Crippen LogP contribution in [0.25, 0.3) is 0 Å². The second-order valence-corrected chi connectivity index (χ2v) is 5.74. The molecule has 0 aliphatic heterocycles. The van der Waals surface area contributed by atoms with Crippen LogP contribution in [0.15, 0.2) is 0 Å². The summed E-state index contributed by atoms with van der Waals surface area (Å²) in [6.45, 7) is 2.18. The highest BCUT2D eigenvalue weighted by molar-refractivity contribution is 7.99. The van der Waals surface area contributed by atoms with Crippen LogP contribution >= 0.6 is 11.8 Å². The summed E-state index contributed by atoms with van der Waals surface area (Å²) in [4.78, 5) is 21.9. The zero-order chi connectivity index (χ0) is 12.7. The second kappa shape index (κ2) is 7.58. The molecule has 98 valence electrons. The van der Waals surface area contributed by atoms with Gasteiger partial charge in [-0.3, -0.25) is 9.59 Å². The molecule has 2 N–H and O–H groups in total. The lowest BCUT2D eigenvalue weighted by Gasteiger charge is -2.29. The Morgan fingerprint density at radius 3 is 2.71 bits per heavy atom. The molecule has 0 aromatic rings. The van der Waals surface area contributed by atoms with E-state index in [0.717, 1.165) is 6.42 Å². The summed E-state index contributed by atoms with van der Waals surface area (Å²) in [6.07, 6.45) is 4.85. The zero-order valence-electron chi connectivity index (χ0n) is 10.3. The molecule has 1 aliphatic carbocycles. The first-order valence-corrected chi connectivity index (χ1v) is 7.34. The first-order valence-electron chi connectivity index (χ1n) is 6.18. The van der Waals surface area contributed by atoms with Crippen molar-refractivity contribution < 1.29 is 14.7 Å². The molecule has 0 aromatic heterocycles. The fraction of sp³-hybridized carbons (Fsp3) is 0.833. The van der Waals surface area contributed by atoms with E-state index < -0.39 is 5.97 Å². The summed E-state index contributed by atoms with van der Waals surface area (Å²) in [5, 5.41) is 11.5. The van der Waals surface area contributed by atoms with Crippen molar-refractivity contribution in [3.8, 4) is 0 Å². The van der Waals surface area contributed by atoms with Gasteiger partial charge in [0.25, 0.3) is 0 Å². The number of aliphatic carboxylic acids is 1. The average molecular weight is 259 g/mol. The fourth-order valence-electron chi connectivity index (χ4n) is 2.10. The van der Waals surface area contributed by atoms with E-state index in [2.05, 4.69) is 12.2 Å². The minimum absolute atomic E-state index is 0.0409. The van der Waals surface area contributed by atoms with Gasteiger partial charge >= 0.3 is 5.97 Å². The van der Waals surface area contributed by atoms with Crippen molar-refractivity contribution in [1.29, 1.82) is 0 Å². The van der Waals surface area contributed by atoms with Gasteiger partial charge in [0.1, 0.15) is 0 Å². The molecule has 1 fully saturated rings. The van der Waals surface area contributed by atoms with Gasteiger partial charge in [-0.2, -0.15) is 11.8 Å². The Morgan fingerprint density at radius 2 is 2.06 bits per heavy atom. The number of amides is 1. The third kappa shape index (κ3) is 5.96. The molecule has 4 nitrogen and oxygen atoms in total. The van der Waals surface area contributed by atoms with Crippen LogP contribution in [0, 0.1) is 5.92 Å². The number of rotatable bonds is 6. The van der Waals surface area contributed by atoms with Crippen LogP contribution in [0.1, 0.15) is 39.0 Å². The fourth-order valence-corrected chi connectivity index (χ4v) is 2.84. The summed E-state index contributed by atoms with van der Waals surface area (Å²) in [7, 11) is 0. The maximum atomic E-state index is 11.6. The zero-order valence-corrected chi connectivity index (χ0v) is 11.1. The molecular weight excluding hydrogens is 238 g/mol. The second-order valence-electron chi connectivity index (χ2n) is 4.63. The molecule has 0 unspecified atom stereocenters. The third-order valence-corrected chi connectivity index (χ3v) is 4.11. The Hall–Kier alpha value is -0.710. The Balaban J connectivity index is 2.13. The van der Waals surface area contributed by atoms with Gasteiger partial charge in [0.15, 0.2) is 0 Å². The van der Waals surface area contributed by atoms with Crippen molar-refractivity contribution in [2.45, 2.75) is 45.1 Å². The van der Waals surface area contributed by atoms with Crippen LogP contribution in [0.5, 0.6) is 0 Å². The van der Waals surface area contributed by atoms with E-state index in [9.17, 15) is 9.59 Å². The number of carboxylic acid groups (broad SMARTS) is 1. The van der Waals surface area contributed by atoms with E-state index in [1.807, 2.05) is 0 Å². The Morgan fingerprint density at radius 1 is 1.35 bits per heavy atom. The van der Waals surface area contributed by atoms with E-state index >= 15 is 0 Å². The lowest BCUT2D eigenvalue weighted by Crippen LogP contribution is -2.41. The van der Waals surface area contributed by atoms with Crippen molar-refractivity contribution >= 4 is 23.6 Å². The smallest absolute Gasteiger partial charge is 0.304 e. The summed E-state index contributed by atoms with van der Waals surface area (Å²) in [5.41, 5.74) is 0. The molecule has 17 heavy (non-hydrogen) atoms. The van der Waals surface area contributed by atoms with E-state index in [1.54, 1.807) is 0 Å². The lowest BCUT2D eigenvalue weighted by molar-refractivity contribution is -0.136. The van der Waals surface area contributed by atoms with Gasteiger partial charge in [0.2, 0.25) is 5.91 Å². The van der Waals surface area contributed by atoms with E-state index in [4.69, 9.17) is 5.11 Å². The highest BCUT2D eigenvalue weighted by atomic mass is 32.2. The standard InChI is InChI=1S/C12H21NO3S/c1-9-4-2-3-5-10(9)13-11(14)8-17-7-6-12(15)16/h9-10H,2-8H2,1H3,(H,13,14)(H,15,16)/t9-,10+/m1/s1. The van der Waals surface area contributed by atoms with Gasteiger partial charge in [-0.1, -0.05) is 19.8 Å². The SMILES string of the molecule is C[C@@H]1CCCC[C@@H]1NC(=O)CSCCC(=O)O. The number of hydrogen-bond acceptors (Lipinski definition) is 3. The molecule has 1 aliphatic rings. The van der Waals surface area contributed by atoms with Crippen molar-refractivity contribution in [3.05, 3.63) is 0 Å². The Kier molecular flexibility index (Phi) is 6.40. The summed E-state index contributed by atoms with van der Waals surface area (Å²) >= 11 is 1.39. The Labute approximate surface area is 107 Å². The maximum Gasteiger partial charge on any atom is 0.304 e. The molecular formula is C12H21NO3S. The van der Waals surface area contributed by atoms with Crippen LogP contribution < -0.4 is 5.32 Å². The van der Waals surface area contributed by atoms with Crippen molar-refractivity contribution in [1.82, 2.24) is 5.32 Å². The number of hydrogen-bond donors (Lipinski definition) is 2. The molecule has 0 bridgehead atoms. The Bertz CT molecular complexity index is 270. The van der Waals surface area contributed by atoms with Gasteiger partial charge in [-0.25, -0.2) is 0 Å². The molecule has 0 aromatic carbocycles. The molecule has 2 atom stereocenters. The third-order valence-electron chi connectivity index (χ3n) is 3.15. The molecule has 0 heterocycles. The van der Waals surface area contributed by atoms with Crippen LogP contribution in [0.4, 0.5) is 0 Å². The molecule has 0 radical (unpaired) electrons. The summed E-state index contributed by atoms with van der Waals surface area (Å²) in [5.74, 6) is 0.675. The van der Waals surface area contributed by atoms with Crippen LogP contribution in [-0.4, -0.2) is 34.5 Å². The normalized spacial score (nSPS) is 24.3. The van der Waals surface area contributed by atoms with Crippen LogP contribution in [0.2, 0.25) is 0 Å². The van der Waals surface area contributed by atoms with Crippen molar-refractivity contribution in [2.24, 2.45) is 5.92 Å². The van der Waals surface area contributed by atoms with Gasteiger partial charge in [-0.05, 0) is 18.8 Å². The number of carbonyl (C=O) groups excluding carboxylic acids is 1. The van der Waals surface area contributed by atoms with Crippen molar-refractivity contribution in [3.63, 3.8) is 0 Å². The number of nitrogens with one attached hydrogen (secondary N) is 1. The number of carboxylic acids is 1. The molecule has 0 saturated heterocycles. The monoisotopic (exact) mass is 259 g/mol. The molecule has 0 spiro atoms. The van der Waals surface area contributed by atoms with Crippen LogP contribution in [0.3, 0.4) is 0 Å².